The van der Waals surface area contributed by atoms with Gasteiger partial charge < -0.3 is 14.7 Å². The Balaban J connectivity index is 2.22. The molecule has 1 aliphatic heterocycles. The summed E-state index contributed by atoms with van der Waals surface area (Å²) in [6.07, 6.45) is 6.34. The number of carboxylic acids is 1. The molecular weight excluding hydrogens is 258 g/mol. The summed E-state index contributed by atoms with van der Waals surface area (Å²) in [6.45, 7) is 3.31. The molecule has 6 nitrogen and oxygen atoms in total. The standard InChI is InChI=1S/C14H21N3O3/c1-3-5-14(13(18)19)6-4-7-17(10-14)11-8-15-9-12(16-11)20-2/h8-9H,3-7,10H2,1-2H3,(H,18,19). The lowest BCUT2D eigenvalue weighted by molar-refractivity contribution is -0.150. The number of ether oxygens (including phenoxy) is 1. The number of carboxylic acid groups (broad SMARTS) is 1. The molecule has 1 aliphatic rings. The first-order chi connectivity index (χ1) is 9.61. The summed E-state index contributed by atoms with van der Waals surface area (Å²) in [6, 6.07) is 0. The number of rotatable bonds is 5. The third-order valence-electron chi connectivity index (χ3n) is 3.89. The zero-order valence-corrected chi connectivity index (χ0v) is 12.0. The van der Waals surface area contributed by atoms with Crippen molar-refractivity contribution in [3.63, 3.8) is 0 Å². The second kappa shape index (κ2) is 6.07. The molecule has 2 rings (SSSR count). The molecule has 0 aromatic carbocycles. The lowest BCUT2D eigenvalue weighted by Gasteiger charge is -2.40. The van der Waals surface area contributed by atoms with Crippen LogP contribution in [0.1, 0.15) is 32.6 Å². The number of methoxy groups -OCH3 is 1. The maximum absolute atomic E-state index is 11.7. The lowest BCUT2D eigenvalue weighted by Crippen LogP contribution is -2.48. The van der Waals surface area contributed by atoms with Gasteiger partial charge >= 0.3 is 5.97 Å². The summed E-state index contributed by atoms with van der Waals surface area (Å²) in [5, 5.41) is 9.60. The van der Waals surface area contributed by atoms with Crippen LogP contribution in [0, 0.1) is 5.41 Å². The second-order valence-electron chi connectivity index (χ2n) is 5.28. The summed E-state index contributed by atoms with van der Waals surface area (Å²) in [7, 11) is 1.54. The molecule has 1 aromatic heterocycles. The Bertz CT molecular complexity index is 476. The maximum Gasteiger partial charge on any atom is 0.311 e. The van der Waals surface area contributed by atoms with E-state index in [0.717, 1.165) is 25.8 Å². The van der Waals surface area contributed by atoms with Crippen molar-refractivity contribution in [2.75, 3.05) is 25.1 Å². The number of carbonyl (C=O) groups is 1. The van der Waals surface area contributed by atoms with E-state index in [1.54, 1.807) is 19.5 Å². The van der Waals surface area contributed by atoms with Crippen molar-refractivity contribution in [3.8, 4) is 5.88 Å². The predicted molar refractivity (Wildman–Crippen MR) is 75.0 cm³/mol. The minimum Gasteiger partial charge on any atom is -0.481 e. The minimum absolute atomic E-state index is 0.449. The SMILES string of the molecule is CCCC1(C(=O)O)CCCN(c2cncc(OC)n2)C1. The Morgan fingerprint density at radius 1 is 1.55 bits per heavy atom. The van der Waals surface area contributed by atoms with E-state index in [2.05, 4.69) is 9.97 Å². The van der Waals surface area contributed by atoms with Crippen molar-refractivity contribution in [1.29, 1.82) is 0 Å². The van der Waals surface area contributed by atoms with Crippen LogP contribution in [0.15, 0.2) is 12.4 Å². The van der Waals surface area contributed by atoms with Gasteiger partial charge in [-0.1, -0.05) is 13.3 Å². The third kappa shape index (κ3) is 2.84. The molecule has 6 heteroatoms. The van der Waals surface area contributed by atoms with Gasteiger partial charge in [-0.3, -0.25) is 9.78 Å². The molecule has 0 spiro atoms. The minimum atomic E-state index is -0.708. The van der Waals surface area contributed by atoms with Crippen molar-refractivity contribution in [2.24, 2.45) is 5.41 Å². The monoisotopic (exact) mass is 279 g/mol. The number of piperidine rings is 1. The van der Waals surface area contributed by atoms with Gasteiger partial charge in [0.05, 0.1) is 24.9 Å². The zero-order chi connectivity index (χ0) is 14.6. The third-order valence-corrected chi connectivity index (χ3v) is 3.89. The number of hydrogen-bond donors (Lipinski definition) is 1. The Labute approximate surface area is 118 Å². The van der Waals surface area contributed by atoms with Crippen molar-refractivity contribution in [2.45, 2.75) is 32.6 Å². The Hall–Kier alpha value is -1.85. The molecule has 0 radical (unpaired) electrons. The molecule has 1 saturated heterocycles. The van der Waals surface area contributed by atoms with Gasteiger partial charge in [-0.15, -0.1) is 0 Å². The van der Waals surface area contributed by atoms with Gasteiger partial charge in [0.2, 0.25) is 5.88 Å². The predicted octanol–water partition coefficient (Wildman–Crippen LogP) is 1.96. The van der Waals surface area contributed by atoms with Crippen LogP contribution in [0.4, 0.5) is 5.82 Å². The summed E-state index contributed by atoms with van der Waals surface area (Å²) in [5.41, 5.74) is -0.669. The van der Waals surface area contributed by atoms with Crippen LogP contribution < -0.4 is 9.64 Å². The van der Waals surface area contributed by atoms with Crippen molar-refractivity contribution in [1.82, 2.24) is 9.97 Å². The number of aromatic nitrogens is 2. The zero-order valence-electron chi connectivity index (χ0n) is 12.0. The Kier molecular flexibility index (Phi) is 4.42. The molecule has 0 amide bonds. The molecule has 1 atom stereocenters. The van der Waals surface area contributed by atoms with E-state index in [1.165, 1.54) is 0 Å². The molecular formula is C14H21N3O3. The average Bonchev–Trinajstić information content (AvgIpc) is 2.48. The summed E-state index contributed by atoms with van der Waals surface area (Å²) in [5.74, 6) is 0.426. The smallest absolute Gasteiger partial charge is 0.311 e. The van der Waals surface area contributed by atoms with E-state index in [-0.39, 0.29) is 0 Å². The van der Waals surface area contributed by atoms with Crippen LogP contribution in [0.3, 0.4) is 0 Å². The highest BCUT2D eigenvalue weighted by atomic mass is 16.5. The molecule has 1 unspecified atom stereocenters. The largest absolute Gasteiger partial charge is 0.481 e. The Morgan fingerprint density at radius 2 is 2.35 bits per heavy atom. The van der Waals surface area contributed by atoms with Crippen molar-refractivity contribution in [3.05, 3.63) is 12.4 Å². The average molecular weight is 279 g/mol. The van der Waals surface area contributed by atoms with Gasteiger partial charge in [0.15, 0.2) is 5.82 Å². The fourth-order valence-electron chi connectivity index (χ4n) is 2.88. The molecule has 2 heterocycles. The second-order valence-corrected chi connectivity index (χ2v) is 5.28. The molecule has 0 saturated carbocycles. The van der Waals surface area contributed by atoms with Crippen LogP contribution in [0.5, 0.6) is 5.88 Å². The molecule has 0 bridgehead atoms. The normalized spacial score (nSPS) is 22.6. The van der Waals surface area contributed by atoms with Crippen LogP contribution in [0.2, 0.25) is 0 Å². The maximum atomic E-state index is 11.7. The first kappa shape index (κ1) is 14.6. The lowest BCUT2D eigenvalue weighted by atomic mass is 9.76. The summed E-state index contributed by atoms with van der Waals surface area (Å²) < 4.78 is 5.08. The van der Waals surface area contributed by atoms with E-state index < -0.39 is 11.4 Å². The highest BCUT2D eigenvalue weighted by molar-refractivity contribution is 5.76. The molecule has 1 aromatic rings. The van der Waals surface area contributed by atoms with E-state index in [1.807, 2.05) is 11.8 Å². The number of anilines is 1. The number of nitrogens with zero attached hydrogens (tertiary/aromatic N) is 3. The van der Waals surface area contributed by atoms with Crippen LogP contribution >= 0.6 is 0 Å². The molecule has 1 fully saturated rings. The fraction of sp³-hybridized carbons (Fsp3) is 0.643. The highest BCUT2D eigenvalue weighted by Crippen LogP contribution is 2.36. The van der Waals surface area contributed by atoms with E-state index in [4.69, 9.17) is 4.74 Å². The van der Waals surface area contributed by atoms with Gasteiger partial charge in [0, 0.05) is 13.1 Å². The highest BCUT2D eigenvalue weighted by Gasteiger charge is 2.42. The van der Waals surface area contributed by atoms with Gasteiger partial charge in [0.1, 0.15) is 0 Å². The van der Waals surface area contributed by atoms with E-state index >= 15 is 0 Å². The quantitative estimate of drug-likeness (QED) is 0.888. The van der Waals surface area contributed by atoms with Gasteiger partial charge in [-0.05, 0) is 19.3 Å². The van der Waals surface area contributed by atoms with Crippen LogP contribution in [-0.4, -0.2) is 41.2 Å². The Morgan fingerprint density at radius 3 is 3.00 bits per heavy atom. The van der Waals surface area contributed by atoms with E-state index in [9.17, 15) is 9.90 Å². The number of hydrogen-bond acceptors (Lipinski definition) is 5. The molecule has 0 aliphatic carbocycles. The first-order valence-corrected chi connectivity index (χ1v) is 6.95. The van der Waals surface area contributed by atoms with Gasteiger partial charge in [-0.25, -0.2) is 0 Å². The summed E-state index contributed by atoms with van der Waals surface area (Å²) in [4.78, 5) is 22.1. The van der Waals surface area contributed by atoms with Gasteiger partial charge in [-0.2, -0.15) is 4.98 Å². The van der Waals surface area contributed by atoms with Crippen LogP contribution in [-0.2, 0) is 4.79 Å². The molecule has 20 heavy (non-hydrogen) atoms. The van der Waals surface area contributed by atoms with Crippen molar-refractivity contribution >= 4 is 11.8 Å². The van der Waals surface area contributed by atoms with Crippen molar-refractivity contribution < 1.29 is 14.6 Å². The van der Waals surface area contributed by atoms with Crippen LogP contribution in [0.25, 0.3) is 0 Å². The van der Waals surface area contributed by atoms with Gasteiger partial charge in [0.25, 0.3) is 0 Å². The summed E-state index contributed by atoms with van der Waals surface area (Å²) >= 11 is 0. The molecule has 110 valence electrons. The number of aliphatic carboxylic acids is 1. The first-order valence-electron chi connectivity index (χ1n) is 6.95. The topological polar surface area (TPSA) is 75.5 Å². The fourth-order valence-corrected chi connectivity index (χ4v) is 2.88. The van der Waals surface area contributed by atoms with E-state index in [0.29, 0.717) is 24.7 Å². The molecule has 1 N–H and O–H groups in total.